The summed E-state index contributed by atoms with van der Waals surface area (Å²) in [6, 6.07) is 20.1. The molecule has 7 nitrogen and oxygen atoms in total. The van der Waals surface area contributed by atoms with Gasteiger partial charge in [0.1, 0.15) is 5.01 Å². The van der Waals surface area contributed by atoms with Gasteiger partial charge in [0.15, 0.2) is 0 Å². The minimum Gasteiger partial charge on any atom is -0.296 e. The molecule has 0 unspecified atom stereocenters. The van der Waals surface area contributed by atoms with E-state index in [0.717, 1.165) is 11.1 Å². The van der Waals surface area contributed by atoms with Crippen LogP contribution in [0.5, 0.6) is 0 Å². The molecule has 0 spiro atoms. The number of anilines is 2. The van der Waals surface area contributed by atoms with Crippen LogP contribution in [0, 0.1) is 6.92 Å². The van der Waals surface area contributed by atoms with Gasteiger partial charge in [0.05, 0.1) is 10.6 Å². The number of halogens is 1. The highest BCUT2D eigenvalue weighted by atomic mass is 35.5. The lowest BCUT2D eigenvalue weighted by molar-refractivity contribution is 0.102. The SMILES string of the molecule is Cc1ccc(S(=O)(=O)N(C)c2ccc(C(=O)Nc3nnc(-c4ccc(Cl)cc4)s3)cc2)cc1. The molecule has 0 aliphatic carbocycles. The Bertz CT molecular complexity index is 1390. The second-order valence-corrected chi connectivity index (χ2v) is 10.6. The number of carbonyl (C=O) groups excluding carboxylic acids is 1. The van der Waals surface area contributed by atoms with Crippen LogP contribution in [-0.2, 0) is 10.0 Å². The van der Waals surface area contributed by atoms with Gasteiger partial charge in [0.25, 0.3) is 15.9 Å². The first-order valence-electron chi connectivity index (χ1n) is 9.80. The molecule has 1 heterocycles. The maximum atomic E-state index is 12.9. The molecule has 0 aliphatic heterocycles. The van der Waals surface area contributed by atoms with E-state index in [0.29, 0.717) is 26.4 Å². The number of hydrogen-bond acceptors (Lipinski definition) is 6. The molecule has 1 aromatic heterocycles. The standard InChI is InChI=1S/C23H19ClN4O3S2/c1-15-3-13-20(14-4-15)33(30,31)28(2)19-11-7-16(8-12-19)21(29)25-23-27-26-22(32-23)17-5-9-18(24)10-6-17/h3-14H,1-2H3,(H,25,27,29). The van der Waals surface area contributed by atoms with Crippen molar-refractivity contribution in [2.45, 2.75) is 11.8 Å². The van der Waals surface area contributed by atoms with Gasteiger partial charge in [-0.05, 0) is 55.5 Å². The van der Waals surface area contributed by atoms with Crippen LogP contribution in [0.2, 0.25) is 5.02 Å². The van der Waals surface area contributed by atoms with Crippen molar-refractivity contribution in [3.63, 3.8) is 0 Å². The highest BCUT2D eigenvalue weighted by Crippen LogP contribution is 2.28. The van der Waals surface area contributed by atoms with Crippen LogP contribution in [0.4, 0.5) is 10.8 Å². The van der Waals surface area contributed by atoms with Crippen molar-refractivity contribution in [3.05, 3.63) is 88.9 Å². The predicted molar refractivity (Wildman–Crippen MR) is 132 cm³/mol. The van der Waals surface area contributed by atoms with Gasteiger partial charge in [-0.2, -0.15) is 0 Å². The third-order valence-corrected chi connectivity index (χ3v) is 7.85. The number of aromatic nitrogens is 2. The number of nitrogens with one attached hydrogen (secondary N) is 1. The first-order valence-corrected chi connectivity index (χ1v) is 12.4. The van der Waals surface area contributed by atoms with E-state index in [-0.39, 0.29) is 10.8 Å². The molecule has 0 atom stereocenters. The Hall–Kier alpha value is -3.27. The number of nitrogens with zero attached hydrogens (tertiary/aromatic N) is 3. The summed E-state index contributed by atoms with van der Waals surface area (Å²) in [4.78, 5) is 12.8. The molecule has 168 valence electrons. The van der Waals surface area contributed by atoms with E-state index in [2.05, 4.69) is 15.5 Å². The molecule has 4 rings (SSSR count). The van der Waals surface area contributed by atoms with Crippen LogP contribution < -0.4 is 9.62 Å². The monoisotopic (exact) mass is 498 g/mol. The minimum absolute atomic E-state index is 0.199. The topological polar surface area (TPSA) is 92.3 Å². The molecule has 10 heteroatoms. The maximum Gasteiger partial charge on any atom is 0.264 e. The second-order valence-electron chi connectivity index (χ2n) is 7.21. The summed E-state index contributed by atoms with van der Waals surface area (Å²) in [6.07, 6.45) is 0. The lowest BCUT2D eigenvalue weighted by Crippen LogP contribution is -2.26. The summed E-state index contributed by atoms with van der Waals surface area (Å²) in [5.74, 6) is -0.371. The normalized spacial score (nSPS) is 11.2. The fourth-order valence-corrected chi connectivity index (χ4v) is 5.05. The quantitative estimate of drug-likeness (QED) is 0.392. The molecule has 33 heavy (non-hydrogen) atoms. The van der Waals surface area contributed by atoms with Crippen LogP contribution >= 0.6 is 22.9 Å². The molecule has 0 aliphatic rings. The Labute approximate surface area is 200 Å². The summed E-state index contributed by atoms with van der Waals surface area (Å²) >= 11 is 7.15. The molecular formula is C23H19ClN4O3S2. The average Bonchev–Trinajstić information content (AvgIpc) is 3.28. The highest BCUT2D eigenvalue weighted by molar-refractivity contribution is 7.92. The van der Waals surface area contributed by atoms with Gasteiger partial charge in [-0.15, -0.1) is 10.2 Å². The predicted octanol–water partition coefficient (Wildman–Crippen LogP) is 5.24. The van der Waals surface area contributed by atoms with E-state index in [9.17, 15) is 13.2 Å². The Morgan fingerprint density at radius 1 is 0.939 bits per heavy atom. The fourth-order valence-electron chi connectivity index (χ4n) is 2.98. The number of aryl methyl sites for hydroxylation is 1. The number of rotatable bonds is 6. The van der Waals surface area contributed by atoms with E-state index in [1.54, 1.807) is 60.7 Å². The van der Waals surface area contributed by atoms with Crippen molar-refractivity contribution in [1.82, 2.24) is 10.2 Å². The molecule has 3 aromatic carbocycles. The Kier molecular flexibility index (Phi) is 6.46. The van der Waals surface area contributed by atoms with Crippen LogP contribution in [0.25, 0.3) is 10.6 Å². The molecule has 0 bridgehead atoms. The zero-order valence-electron chi connectivity index (χ0n) is 17.7. The Balaban J connectivity index is 1.46. The highest BCUT2D eigenvalue weighted by Gasteiger charge is 2.21. The summed E-state index contributed by atoms with van der Waals surface area (Å²) in [5.41, 5.74) is 2.62. The summed E-state index contributed by atoms with van der Waals surface area (Å²) < 4.78 is 26.9. The zero-order valence-corrected chi connectivity index (χ0v) is 20.1. The molecule has 0 saturated carbocycles. The first-order chi connectivity index (χ1) is 15.7. The van der Waals surface area contributed by atoms with Crippen LogP contribution in [0.1, 0.15) is 15.9 Å². The fraction of sp³-hybridized carbons (Fsp3) is 0.0870. The Morgan fingerprint density at radius 3 is 2.21 bits per heavy atom. The lowest BCUT2D eigenvalue weighted by Gasteiger charge is -2.19. The van der Waals surface area contributed by atoms with Crippen molar-refractivity contribution in [1.29, 1.82) is 0 Å². The molecule has 1 N–H and O–H groups in total. The van der Waals surface area contributed by atoms with Crippen molar-refractivity contribution >= 4 is 49.7 Å². The molecule has 1 amide bonds. The molecule has 0 fully saturated rings. The van der Waals surface area contributed by atoms with Crippen molar-refractivity contribution in [2.75, 3.05) is 16.7 Å². The average molecular weight is 499 g/mol. The molecule has 0 saturated heterocycles. The third-order valence-electron chi connectivity index (χ3n) is 4.91. The van der Waals surface area contributed by atoms with Gasteiger partial charge >= 0.3 is 0 Å². The second kappa shape index (κ2) is 9.30. The Morgan fingerprint density at radius 2 is 1.58 bits per heavy atom. The molecule has 4 aromatic rings. The van der Waals surface area contributed by atoms with Gasteiger partial charge in [0, 0.05) is 23.2 Å². The summed E-state index contributed by atoms with van der Waals surface area (Å²) in [6.45, 7) is 1.89. The number of benzene rings is 3. The number of amides is 1. The first kappa shape index (κ1) is 22.9. The smallest absolute Gasteiger partial charge is 0.264 e. The minimum atomic E-state index is -3.71. The van der Waals surface area contributed by atoms with E-state index < -0.39 is 10.0 Å². The largest absolute Gasteiger partial charge is 0.296 e. The van der Waals surface area contributed by atoms with Crippen LogP contribution in [0.15, 0.2) is 77.7 Å². The summed E-state index contributed by atoms with van der Waals surface area (Å²) in [5, 5.41) is 12.5. The van der Waals surface area contributed by atoms with Crippen molar-refractivity contribution < 1.29 is 13.2 Å². The van der Waals surface area contributed by atoms with Gasteiger partial charge in [-0.3, -0.25) is 14.4 Å². The molecular weight excluding hydrogens is 480 g/mol. The van der Waals surface area contributed by atoms with Gasteiger partial charge in [0.2, 0.25) is 5.13 Å². The van der Waals surface area contributed by atoms with E-state index in [1.807, 2.05) is 19.1 Å². The third kappa shape index (κ3) is 5.05. The lowest BCUT2D eigenvalue weighted by atomic mass is 10.2. The molecule has 0 radical (unpaired) electrons. The van der Waals surface area contributed by atoms with Gasteiger partial charge in [-0.1, -0.05) is 52.8 Å². The van der Waals surface area contributed by atoms with E-state index in [1.165, 1.54) is 22.7 Å². The maximum absolute atomic E-state index is 12.9. The number of hydrogen-bond donors (Lipinski definition) is 1. The van der Waals surface area contributed by atoms with E-state index in [4.69, 9.17) is 11.6 Å². The number of sulfonamides is 1. The van der Waals surface area contributed by atoms with Crippen LogP contribution in [-0.4, -0.2) is 31.6 Å². The van der Waals surface area contributed by atoms with Crippen LogP contribution in [0.3, 0.4) is 0 Å². The van der Waals surface area contributed by atoms with Gasteiger partial charge in [-0.25, -0.2) is 8.42 Å². The van der Waals surface area contributed by atoms with Crippen molar-refractivity contribution in [3.8, 4) is 10.6 Å². The number of carbonyl (C=O) groups is 1. The summed E-state index contributed by atoms with van der Waals surface area (Å²) in [7, 11) is -2.23. The van der Waals surface area contributed by atoms with E-state index >= 15 is 0 Å². The van der Waals surface area contributed by atoms with Crippen molar-refractivity contribution in [2.24, 2.45) is 0 Å². The zero-order chi connectivity index (χ0) is 23.6. The van der Waals surface area contributed by atoms with Gasteiger partial charge < -0.3 is 0 Å².